The first kappa shape index (κ1) is 10.3. The minimum Gasteiger partial charge on any atom is -0.389 e. The number of rotatable bonds is 0. The number of ether oxygens (including phenoxy) is 2. The van der Waals surface area contributed by atoms with Gasteiger partial charge in [0.2, 0.25) is 0 Å². The van der Waals surface area contributed by atoms with Crippen LogP contribution in [0.4, 0.5) is 0 Å². The van der Waals surface area contributed by atoms with E-state index < -0.39 is 5.79 Å². The van der Waals surface area contributed by atoms with E-state index in [4.69, 9.17) is 9.47 Å². The third kappa shape index (κ3) is 1.13. The second kappa shape index (κ2) is 3.22. The van der Waals surface area contributed by atoms with Crippen molar-refractivity contribution in [1.82, 2.24) is 0 Å². The van der Waals surface area contributed by atoms with Gasteiger partial charge >= 0.3 is 0 Å². The van der Waals surface area contributed by atoms with Crippen LogP contribution in [0, 0.1) is 17.3 Å². The third-order valence-corrected chi connectivity index (χ3v) is 5.08. The molecule has 1 aliphatic heterocycles. The Bertz CT molecular complexity index is 394. The van der Waals surface area contributed by atoms with Crippen LogP contribution in [-0.2, 0) is 9.47 Å². The summed E-state index contributed by atoms with van der Waals surface area (Å²) in [6, 6.07) is 0. The molecule has 2 spiro atoms. The summed E-state index contributed by atoms with van der Waals surface area (Å²) < 4.78 is 12.0. The molecule has 0 aromatic heterocycles. The minimum absolute atomic E-state index is 0.133. The molecule has 0 amide bonds. The highest BCUT2D eigenvalue weighted by Gasteiger charge is 2.65. The van der Waals surface area contributed by atoms with Crippen LogP contribution in [0.1, 0.15) is 19.3 Å². The molecule has 1 saturated carbocycles. The van der Waals surface area contributed by atoms with Crippen molar-refractivity contribution in [2.45, 2.75) is 31.2 Å². The van der Waals surface area contributed by atoms with Gasteiger partial charge in [0, 0.05) is 12.3 Å². The number of aliphatic hydroxyl groups is 1. The van der Waals surface area contributed by atoms with Crippen LogP contribution >= 0.6 is 0 Å². The van der Waals surface area contributed by atoms with Crippen molar-refractivity contribution >= 4 is 0 Å². The van der Waals surface area contributed by atoms with Gasteiger partial charge in [0.25, 0.3) is 0 Å². The van der Waals surface area contributed by atoms with Crippen molar-refractivity contribution in [1.29, 1.82) is 0 Å². The average Bonchev–Trinajstić information content (AvgIpc) is 2.79. The zero-order chi connectivity index (χ0) is 11.5. The number of hydrogen-bond acceptors (Lipinski definition) is 3. The summed E-state index contributed by atoms with van der Waals surface area (Å²) in [7, 11) is 0. The molecule has 1 saturated heterocycles. The van der Waals surface area contributed by atoms with Crippen LogP contribution in [0.15, 0.2) is 24.3 Å². The van der Waals surface area contributed by atoms with Gasteiger partial charge in [-0.1, -0.05) is 24.3 Å². The number of aliphatic hydroxyl groups excluding tert-OH is 1. The molecule has 0 unspecified atom stereocenters. The maximum absolute atomic E-state index is 10.2. The second-order valence-electron chi connectivity index (χ2n) is 5.78. The zero-order valence-electron chi connectivity index (χ0n) is 9.84. The fourth-order valence-electron chi connectivity index (χ4n) is 4.34. The van der Waals surface area contributed by atoms with Crippen LogP contribution < -0.4 is 0 Å². The van der Waals surface area contributed by atoms with Gasteiger partial charge in [0.1, 0.15) is 0 Å². The summed E-state index contributed by atoms with van der Waals surface area (Å²) in [5, 5.41) is 10.2. The Kier molecular flexibility index (Phi) is 1.95. The van der Waals surface area contributed by atoms with Crippen molar-refractivity contribution in [3.63, 3.8) is 0 Å². The summed E-state index contributed by atoms with van der Waals surface area (Å²) in [5.74, 6) is 0.302. The Hall–Kier alpha value is -0.640. The fourth-order valence-corrected chi connectivity index (χ4v) is 4.34. The van der Waals surface area contributed by atoms with Gasteiger partial charge in [0.05, 0.1) is 24.7 Å². The molecule has 5 aliphatic rings. The number of allylic oxidation sites excluding steroid dienone is 2. The Labute approximate surface area is 101 Å². The summed E-state index contributed by atoms with van der Waals surface area (Å²) >= 11 is 0. The summed E-state index contributed by atoms with van der Waals surface area (Å²) in [6.07, 6.45) is 11.2. The van der Waals surface area contributed by atoms with Gasteiger partial charge in [-0.05, 0) is 18.8 Å². The summed E-state index contributed by atoms with van der Waals surface area (Å²) in [5.41, 5.74) is -0.133. The fraction of sp³-hybridized carbons (Fsp3) is 0.714. The van der Waals surface area contributed by atoms with E-state index in [2.05, 4.69) is 18.2 Å². The molecule has 4 aliphatic carbocycles. The molecular formula is C14H18O3. The molecule has 2 fully saturated rings. The SMILES string of the molecule is O[C@H]1C=CC[C@]23C=C[C@H](C[C@H]12)CC31OCCO1. The Morgan fingerprint density at radius 3 is 2.82 bits per heavy atom. The minimum atomic E-state index is -0.457. The Balaban J connectivity index is 1.86. The zero-order valence-corrected chi connectivity index (χ0v) is 9.84. The van der Waals surface area contributed by atoms with E-state index in [-0.39, 0.29) is 17.4 Å². The average molecular weight is 234 g/mol. The molecule has 0 radical (unpaired) electrons. The molecule has 1 heterocycles. The van der Waals surface area contributed by atoms with Crippen LogP contribution in [0.3, 0.4) is 0 Å². The van der Waals surface area contributed by atoms with E-state index >= 15 is 0 Å². The van der Waals surface area contributed by atoms with E-state index in [9.17, 15) is 5.11 Å². The lowest BCUT2D eigenvalue weighted by molar-refractivity contribution is -0.277. The molecule has 0 aromatic rings. The highest BCUT2D eigenvalue weighted by atomic mass is 16.7. The third-order valence-electron chi connectivity index (χ3n) is 5.08. The highest BCUT2D eigenvalue weighted by molar-refractivity contribution is 5.28. The molecule has 5 rings (SSSR count). The van der Waals surface area contributed by atoms with Gasteiger partial charge < -0.3 is 14.6 Å². The molecule has 2 bridgehead atoms. The van der Waals surface area contributed by atoms with E-state index in [1.165, 1.54) is 0 Å². The van der Waals surface area contributed by atoms with E-state index in [0.717, 1.165) is 19.3 Å². The number of hydrogen-bond donors (Lipinski definition) is 1. The topological polar surface area (TPSA) is 38.7 Å². The molecule has 3 nitrogen and oxygen atoms in total. The first-order valence-electron chi connectivity index (χ1n) is 6.58. The standard InChI is InChI=1S/C14H18O3/c15-12-2-1-4-13-5-3-10(8-11(12)13)9-14(13)16-6-7-17-14/h1-3,5,10-12,15H,4,6-9H2/t10-,11-,12+,13+/m1/s1. The van der Waals surface area contributed by atoms with Crippen molar-refractivity contribution in [3.05, 3.63) is 24.3 Å². The van der Waals surface area contributed by atoms with Gasteiger partial charge in [-0.2, -0.15) is 0 Å². The molecule has 92 valence electrons. The normalized spacial score (nSPS) is 49.8. The first-order chi connectivity index (χ1) is 8.26. The van der Waals surface area contributed by atoms with Gasteiger partial charge in [0.15, 0.2) is 5.79 Å². The van der Waals surface area contributed by atoms with Crippen LogP contribution in [-0.4, -0.2) is 30.2 Å². The van der Waals surface area contributed by atoms with E-state index in [1.807, 2.05) is 6.08 Å². The first-order valence-corrected chi connectivity index (χ1v) is 6.58. The predicted molar refractivity (Wildman–Crippen MR) is 62.2 cm³/mol. The van der Waals surface area contributed by atoms with Crippen LogP contribution in [0.25, 0.3) is 0 Å². The molecule has 17 heavy (non-hydrogen) atoms. The predicted octanol–water partition coefficient (Wildman–Crippen LogP) is 1.63. The lowest BCUT2D eigenvalue weighted by atomic mass is 9.51. The van der Waals surface area contributed by atoms with Gasteiger partial charge in [-0.25, -0.2) is 0 Å². The molecule has 4 atom stereocenters. The van der Waals surface area contributed by atoms with Gasteiger partial charge in [-0.3, -0.25) is 0 Å². The second-order valence-corrected chi connectivity index (χ2v) is 5.78. The Morgan fingerprint density at radius 1 is 1.18 bits per heavy atom. The smallest absolute Gasteiger partial charge is 0.178 e. The van der Waals surface area contributed by atoms with Crippen molar-refractivity contribution in [2.24, 2.45) is 17.3 Å². The molecule has 1 N–H and O–H groups in total. The van der Waals surface area contributed by atoms with E-state index in [0.29, 0.717) is 19.1 Å². The van der Waals surface area contributed by atoms with Crippen molar-refractivity contribution in [3.8, 4) is 0 Å². The lowest BCUT2D eigenvalue weighted by Crippen LogP contribution is -2.62. The van der Waals surface area contributed by atoms with Gasteiger partial charge in [-0.15, -0.1) is 0 Å². The monoisotopic (exact) mass is 234 g/mol. The van der Waals surface area contributed by atoms with E-state index in [1.54, 1.807) is 0 Å². The molecular weight excluding hydrogens is 216 g/mol. The van der Waals surface area contributed by atoms with Crippen LogP contribution in [0.2, 0.25) is 0 Å². The summed E-state index contributed by atoms with van der Waals surface area (Å²) in [6.45, 7) is 1.38. The highest BCUT2D eigenvalue weighted by Crippen LogP contribution is 2.62. The lowest BCUT2D eigenvalue weighted by Gasteiger charge is -2.59. The quantitative estimate of drug-likeness (QED) is 0.647. The van der Waals surface area contributed by atoms with Crippen LogP contribution in [0.5, 0.6) is 0 Å². The van der Waals surface area contributed by atoms with Crippen molar-refractivity contribution < 1.29 is 14.6 Å². The molecule has 0 aromatic carbocycles. The maximum atomic E-state index is 10.2. The summed E-state index contributed by atoms with van der Waals surface area (Å²) in [4.78, 5) is 0. The van der Waals surface area contributed by atoms with Crippen molar-refractivity contribution in [2.75, 3.05) is 13.2 Å². The largest absolute Gasteiger partial charge is 0.389 e. The maximum Gasteiger partial charge on any atom is 0.178 e. The molecule has 3 heteroatoms. The Morgan fingerprint density at radius 2 is 2.00 bits per heavy atom.